The SMILES string of the molecule is CCCOc1ccccc1[C@@H]1NC(=S)NC(C)=C1C(=O)O[C@H]1CCC[C@@H](C)C1. The van der Waals surface area contributed by atoms with Crippen LogP contribution in [0.1, 0.15) is 64.5 Å². The molecule has 2 N–H and O–H groups in total. The number of carbonyl (C=O) groups is 1. The molecule has 0 amide bonds. The number of para-hydroxylation sites is 1. The molecule has 152 valence electrons. The van der Waals surface area contributed by atoms with Gasteiger partial charge in [0.05, 0.1) is 18.2 Å². The van der Waals surface area contributed by atoms with E-state index in [1.165, 1.54) is 6.42 Å². The molecule has 3 rings (SSSR count). The first-order chi connectivity index (χ1) is 13.5. The fourth-order valence-corrected chi connectivity index (χ4v) is 4.23. The minimum Gasteiger partial charge on any atom is -0.493 e. The number of carbonyl (C=O) groups excluding carboxylic acids is 1. The van der Waals surface area contributed by atoms with E-state index in [9.17, 15) is 4.79 Å². The van der Waals surface area contributed by atoms with Crippen molar-refractivity contribution in [2.75, 3.05) is 6.61 Å². The zero-order valence-electron chi connectivity index (χ0n) is 16.9. The predicted octanol–water partition coefficient (Wildman–Crippen LogP) is 4.39. The Morgan fingerprint density at radius 2 is 2.07 bits per heavy atom. The van der Waals surface area contributed by atoms with Gasteiger partial charge < -0.3 is 20.1 Å². The van der Waals surface area contributed by atoms with Crippen LogP contribution in [-0.2, 0) is 9.53 Å². The third-order valence-electron chi connectivity index (χ3n) is 5.34. The predicted molar refractivity (Wildman–Crippen MR) is 114 cm³/mol. The second-order valence-corrected chi connectivity index (χ2v) is 8.16. The van der Waals surface area contributed by atoms with E-state index in [-0.39, 0.29) is 12.1 Å². The zero-order chi connectivity index (χ0) is 20.1. The number of rotatable bonds is 6. The molecule has 1 fully saturated rings. The van der Waals surface area contributed by atoms with Crippen molar-refractivity contribution in [1.29, 1.82) is 0 Å². The van der Waals surface area contributed by atoms with Crippen molar-refractivity contribution in [2.24, 2.45) is 5.92 Å². The lowest BCUT2D eigenvalue weighted by atomic mass is 9.88. The van der Waals surface area contributed by atoms with Gasteiger partial charge in [0, 0.05) is 11.3 Å². The van der Waals surface area contributed by atoms with Gasteiger partial charge in [0.2, 0.25) is 0 Å². The first-order valence-corrected chi connectivity index (χ1v) is 10.6. The van der Waals surface area contributed by atoms with E-state index in [0.717, 1.165) is 42.7 Å². The van der Waals surface area contributed by atoms with Crippen LogP contribution in [0.5, 0.6) is 5.75 Å². The Hall–Kier alpha value is -2.08. The summed E-state index contributed by atoms with van der Waals surface area (Å²) in [6.45, 7) is 6.78. The lowest BCUT2D eigenvalue weighted by Gasteiger charge is -2.32. The molecule has 28 heavy (non-hydrogen) atoms. The van der Waals surface area contributed by atoms with Crippen LogP contribution in [0, 0.1) is 5.92 Å². The molecule has 1 heterocycles. The van der Waals surface area contributed by atoms with Crippen LogP contribution >= 0.6 is 12.2 Å². The van der Waals surface area contributed by atoms with Crippen LogP contribution in [-0.4, -0.2) is 23.8 Å². The molecule has 1 saturated carbocycles. The number of thiocarbonyl (C=S) groups is 1. The smallest absolute Gasteiger partial charge is 0.338 e. The van der Waals surface area contributed by atoms with E-state index in [2.05, 4.69) is 24.5 Å². The Labute approximate surface area is 172 Å². The van der Waals surface area contributed by atoms with Crippen molar-refractivity contribution in [3.63, 3.8) is 0 Å². The molecule has 0 radical (unpaired) electrons. The summed E-state index contributed by atoms with van der Waals surface area (Å²) < 4.78 is 11.8. The summed E-state index contributed by atoms with van der Waals surface area (Å²) in [5.74, 6) is 1.07. The minimum atomic E-state index is -0.393. The summed E-state index contributed by atoms with van der Waals surface area (Å²) in [6.07, 6.45) is 5.07. The Morgan fingerprint density at radius 3 is 2.82 bits per heavy atom. The molecular weight excluding hydrogens is 372 g/mol. The van der Waals surface area contributed by atoms with Gasteiger partial charge in [0.1, 0.15) is 11.9 Å². The van der Waals surface area contributed by atoms with Gasteiger partial charge in [-0.2, -0.15) is 0 Å². The highest BCUT2D eigenvalue weighted by Crippen LogP contribution is 2.35. The Morgan fingerprint density at radius 1 is 1.29 bits per heavy atom. The number of benzene rings is 1. The molecule has 0 unspecified atom stereocenters. The number of esters is 1. The number of hydrogen-bond donors (Lipinski definition) is 2. The van der Waals surface area contributed by atoms with Gasteiger partial charge in [-0.25, -0.2) is 4.79 Å². The van der Waals surface area contributed by atoms with E-state index < -0.39 is 6.04 Å². The summed E-state index contributed by atoms with van der Waals surface area (Å²) in [4.78, 5) is 13.2. The van der Waals surface area contributed by atoms with Gasteiger partial charge in [-0.3, -0.25) is 0 Å². The largest absolute Gasteiger partial charge is 0.493 e. The molecule has 6 heteroatoms. The maximum absolute atomic E-state index is 13.2. The van der Waals surface area contributed by atoms with Crippen molar-refractivity contribution < 1.29 is 14.3 Å². The number of ether oxygens (including phenoxy) is 2. The summed E-state index contributed by atoms with van der Waals surface area (Å²) in [5.41, 5.74) is 2.19. The fourth-order valence-electron chi connectivity index (χ4n) is 3.96. The van der Waals surface area contributed by atoms with Crippen molar-refractivity contribution in [3.05, 3.63) is 41.1 Å². The lowest BCUT2D eigenvalue weighted by Crippen LogP contribution is -2.45. The lowest BCUT2D eigenvalue weighted by molar-refractivity contribution is -0.146. The van der Waals surface area contributed by atoms with Crippen LogP contribution in [0.3, 0.4) is 0 Å². The highest BCUT2D eigenvalue weighted by molar-refractivity contribution is 7.80. The average molecular weight is 403 g/mol. The summed E-state index contributed by atoms with van der Waals surface area (Å²) in [5, 5.41) is 6.81. The third kappa shape index (κ3) is 4.85. The molecule has 0 saturated heterocycles. The Balaban J connectivity index is 1.88. The monoisotopic (exact) mass is 402 g/mol. The molecule has 1 aromatic carbocycles. The van der Waals surface area contributed by atoms with Crippen molar-refractivity contribution in [1.82, 2.24) is 10.6 Å². The third-order valence-corrected chi connectivity index (χ3v) is 5.56. The standard InChI is InChI=1S/C22H30N2O3S/c1-4-12-26-18-11-6-5-10-17(18)20-19(15(3)23-22(28)24-20)21(25)27-16-9-7-8-14(2)13-16/h5-6,10-11,14,16,20H,4,7-9,12-13H2,1-3H3,(H2,23,24,28)/t14-,16+,20+/m1/s1. The number of nitrogens with one attached hydrogen (secondary N) is 2. The molecule has 2 aliphatic rings. The van der Waals surface area contributed by atoms with E-state index in [1.54, 1.807) is 0 Å². The molecule has 5 nitrogen and oxygen atoms in total. The minimum absolute atomic E-state index is 0.0161. The fraction of sp³-hybridized carbons (Fsp3) is 0.545. The normalized spacial score (nSPS) is 25.0. The second-order valence-electron chi connectivity index (χ2n) is 7.76. The quantitative estimate of drug-likeness (QED) is 0.544. The van der Waals surface area contributed by atoms with Crippen LogP contribution in [0.15, 0.2) is 35.5 Å². The highest BCUT2D eigenvalue weighted by atomic mass is 32.1. The molecule has 1 aromatic rings. The summed E-state index contributed by atoms with van der Waals surface area (Å²) in [6, 6.07) is 7.39. The van der Waals surface area contributed by atoms with Crippen LogP contribution < -0.4 is 15.4 Å². The first kappa shape index (κ1) is 20.6. The van der Waals surface area contributed by atoms with E-state index in [4.69, 9.17) is 21.7 Å². The maximum Gasteiger partial charge on any atom is 0.338 e. The van der Waals surface area contributed by atoms with Crippen LogP contribution in [0.4, 0.5) is 0 Å². The topological polar surface area (TPSA) is 59.6 Å². The Kier molecular flexibility index (Phi) is 6.94. The molecule has 3 atom stereocenters. The van der Waals surface area contributed by atoms with Crippen molar-refractivity contribution >= 4 is 23.3 Å². The van der Waals surface area contributed by atoms with Gasteiger partial charge in [-0.15, -0.1) is 0 Å². The van der Waals surface area contributed by atoms with Gasteiger partial charge in [-0.1, -0.05) is 38.5 Å². The van der Waals surface area contributed by atoms with E-state index in [0.29, 0.717) is 23.2 Å². The maximum atomic E-state index is 13.2. The molecule has 0 spiro atoms. The van der Waals surface area contributed by atoms with Crippen LogP contribution in [0.25, 0.3) is 0 Å². The van der Waals surface area contributed by atoms with Gasteiger partial charge in [0.15, 0.2) is 5.11 Å². The summed E-state index contributed by atoms with van der Waals surface area (Å²) in [7, 11) is 0. The van der Waals surface area contributed by atoms with E-state index >= 15 is 0 Å². The second kappa shape index (κ2) is 9.41. The Bertz CT molecular complexity index is 762. The molecule has 1 aliphatic heterocycles. The van der Waals surface area contributed by atoms with Crippen molar-refractivity contribution in [2.45, 2.75) is 65.0 Å². The van der Waals surface area contributed by atoms with Gasteiger partial charge in [0.25, 0.3) is 0 Å². The van der Waals surface area contributed by atoms with Crippen LogP contribution in [0.2, 0.25) is 0 Å². The van der Waals surface area contributed by atoms with Gasteiger partial charge >= 0.3 is 5.97 Å². The first-order valence-electron chi connectivity index (χ1n) is 10.2. The summed E-state index contributed by atoms with van der Waals surface area (Å²) >= 11 is 5.36. The van der Waals surface area contributed by atoms with Gasteiger partial charge in [-0.05, 0) is 56.8 Å². The molecular formula is C22H30N2O3S. The van der Waals surface area contributed by atoms with E-state index in [1.807, 2.05) is 31.2 Å². The molecule has 0 aromatic heterocycles. The number of allylic oxidation sites excluding steroid dienone is 1. The number of hydrogen-bond acceptors (Lipinski definition) is 4. The molecule has 1 aliphatic carbocycles. The van der Waals surface area contributed by atoms with Crippen molar-refractivity contribution in [3.8, 4) is 5.75 Å². The highest BCUT2D eigenvalue weighted by Gasteiger charge is 2.34. The zero-order valence-corrected chi connectivity index (χ0v) is 17.7. The molecule has 0 bridgehead atoms. The average Bonchev–Trinajstić information content (AvgIpc) is 2.66.